The van der Waals surface area contributed by atoms with E-state index < -0.39 is 30.2 Å². The van der Waals surface area contributed by atoms with Gasteiger partial charge >= 0.3 is 12.1 Å². The number of rotatable bonds is 5. The van der Waals surface area contributed by atoms with Crippen LogP contribution in [0.1, 0.15) is 36.2 Å². The minimum Gasteiger partial charge on any atom is -0.452 e. The molecule has 1 aromatic carbocycles. The van der Waals surface area contributed by atoms with E-state index in [0.717, 1.165) is 30.7 Å². The quantitative estimate of drug-likeness (QED) is 0.851. The summed E-state index contributed by atoms with van der Waals surface area (Å²) < 4.78 is 41.8. The van der Waals surface area contributed by atoms with Crippen LogP contribution < -0.4 is 5.32 Å². The number of amides is 1. The maximum Gasteiger partial charge on any atom is 0.416 e. The van der Waals surface area contributed by atoms with Gasteiger partial charge in [-0.25, -0.2) is 4.79 Å². The van der Waals surface area contributed by atoms with Crippen LogP contribution in [0, 0.1) is 0 Å². The van der Waals surface area contributed by atoms with E-state index in [0.29, 0.717) is 0 Å². The summed E-state index contributed by atoms with van der Waals surface area (Å²) >= 11 is 0. The number of esters is 1. The number of ether oxygens (including phenoxy) is 1. The van der Waals surface area contributed by atoms with Gasteiger partial charge in [-0.15, -0.1) is 0 Å². The van der Waals surface area contributed by atoms with Crippen LogP contribution >= 0.6 is 0 Å². The molecule has 0 aliphatic carbocycles. The molecule has 1 aromatic rings. The monoisotopic (exact) mass is 303 g/mol. The Morgan fingerprint density at radius 2 is 1.81 bits per heavy atom. The number of hydrogen-bond acceptors (Lipinski definition) is 3. The van der Waals surface area contributed by atoms with Gasteiger partial charge in [-0.3, -0.25) is 4.79 Å². The molecule has 0 fully saturated rings. The third kappa shape index (κ3) is 5.45. The van der Waals surface area contributed by atoms with Gasteiger partial charge in [0, 0.05) is 6.04 Å². The molecule has 0 aliphatic heterocycles. The molecule has 7 heteroatoms. The lowest BCUT2D eigenvalue weighted by Gasteiger charge is -2.11. The Labute approximate surface area is 120 Å². The lowest BCUT2D eigenvalue weighted by molar-refractivity contribution is -0.137. The van der Waals surface area contributed by atoms with Crippen LogP contribution in [0.25, 0.3) is 0 Å². The van der Waals surface area contributed by atoms with Crippen molar-refractivity contribution < 1.29 is 27.5 Å². The number of carbonyl (C=O) groups excluding carboxylic acids is 2. The standard InChI is InChI=1S/C14H16F3NO3/c1-3-9(2)18-12(19)8-21-13(20)10-4-6-11(7-5-10)14(15,16)17/h4-7,9H,3,8H2,1-2H3,(H,18,19). The number of halogens is 3. The summed E-state index contributed by atoms with van der Waals surface area (Å²) in [5, 5.41) is 2.60. The van der Waals surface area contributed by atoms with Crippen molar-refractivity contribution in [1.82, 2.24) is 5.32 Å². The Morgan fingerprint density at radius 3 is 2.29 bits per heavy atom. The first kappa shape index (κ1) is 17.0. The number of hydrogen-bond donors (Lipinski definition) is 1. The maximum absolute atomic E-state index is 12.4. The van der Waals surface area contributed by atoms with Gasteiger partial charge in [-0.05, 0) is 37.6 Å². The molecule has 1 unspecified atom stereocenters. The summed E-state index contributed by atoms with van der Waals surface area (Å²) in [7, 11) is 0. The van der Waals surface area contributed by atoms with Crippen LogP contribution in [-0.4, -0.2) is 24.5 Å². The highest BCUT2D eigenvalue weighted by Crippen LogP contribution is 2.29. The van der Waals surface area contributed by atoms with Gasteiger partial charge in [0.15, 0.2) is 6.61 Å². The molecule has 0 heterocycles. The number of alkyl halides is 3. The fourth-order valence-electron chi connectivity index (χ4n) is 1.43. The topological polar surface area (TPSA) is 55.4 Å². The van der Waals surface area contributed by atoms with Gasteiger partial charge in [0.1, 0.15) is 0 Å². The van der Waals surface area contributed by atoms with E-state index >= 15 is 0 Å². The van der Waals surface area contributed by atoms with E-state index in [2.05, 4.69) is 5.32 Å². The largest absolute Gasteiger partial charge is 0.452 e. The highest BCUT2D eigenvalue weighted by Gasteiger charge is 2.30. The van der Waals surface area contributed by atoms with Crippen molar-refractivity contribution in [3.8, 4) is 0 Å². The minimum absolute atomic E-state index is 0.0396. The number of benzene rings is 1. The molecular weight excluding hydrogens is 287 g/mol. The summed E-state index contributed by atoms with van der Waals surface area (Å²) in [4.78, 5) is 23.0. The summed E-state index contributed by atoms with van der Waals surface area (Å²) in [5.74, 6) is -1.30. The van der Waals surface area contributed by atoms with Gasteiger partial charge < -0.3 is 10.1 Å². The van der Waals surface area contributed by atoms with Crippen LogP contribution in [0.3, 0.4) is 0 Å². The zero-order valence-electron chi connectivity index (χ0n) is 11.7. The minimum atomic E-state index is -4.46. The summed E-state index contributed by atoms with van der Waals surface area (Å²) in [5.41, 5.74) is -0.895. The lowest BCUT2D eigenvalue weighted by Crippen LogP contribution is -2.35. The summed E-state index contributed by atoms with van der Waals surface area (Å²) in [6.07, 6.45) is -3.72. The van der Waals surface area contributed by atoms with E-state index in [1.165, 1.54) is 0 Å². The molecule has 0 radical (unpaired) electrons. The van der Waals surface area contributed by atoms with Gasteiger partial charge in [-0.1, -0.05) is 6.92 Å². The molecule has 0 aromatic heterocycles. The second-order valence-corrected chi connectivity index (χ2v) is 4.53. The molecular formula is C14H16F3NO3. The van der Waals surface area contributed by atoms with Gasteiger partial charge in [0.25, 0.3) is 5.91 Å². The van der Waals surface area contributed by atoms with Crippen LogP contribution in [0.5, 0.6) is 0 Å². The zero-order chi connectivity index (χ0) is 16.0. The molecule has 0 bridgehead atoms. The normalized spacial score (nSPS) is 12.6. The third-order valence-electron chi connectivity index (χ3n) is 2.80. The molecule has 1 amide bonds. The Balaban J connectivity index is 2.55. The first-order valence-corrected chi connectivity index (χ1v) is 6.37. The molecule has 0 saturated carbocycles. The van der Waals surface area contributed by atoms with E-state index in [1.54, 1.807) is 6.92 Å². The fraction of sp³-hybridized carbons (Fsp3) is 0.429. The number of nitrogens with one attached hydrogen (secondary N) is 1. The van der Waals surface area contributed by atoms with Gasteiger partial charge in [0.2, 0.25) is 0 Å². The average Bonchev–Trinajstić information content (AvgIpc) is 2.43. The van der Waals surface area contributed by atoms with Gasteiger partial charge in [-0.2, -0.15) is 13.2 Å². The SMILES string of the molecule is CCC(C)NC(=O)COC(=O)c1ccc(C(F)(F)F)cc1. The van der Waals surface area contributed by atoms with E-state index in [4.69, 9.17) is 4.74 Å². The van der Waals surface area contributed by atoms with Crippen molar-refractivity contribution in [2.45, 2.75) is 32.5 Å². The van der Waals surface area contributed by atoms with E-state index in [9.17, 15) is 22.8 Å². The summed E-state index contributed by atoms with van der Waals surface area (Å²) in [6.45, 7) is 3.22. The average molecular weight is 303 g/mol. The van der Waals surface area contributed by atoms with Crippen molar-refractivity contribution in [3.63, 3.8) is 0 Å². The molecule has 116 valence electrons. The third-order valence-corrected chi connectivity index (χ3v) is 2.80. The second kappa shape index (κ2) is 7.10. The number of carbonyl (C=O) groups is 2. The molecule has 4 nitrogen and oxygen atoms in total. The Morgan fingerprint density at radius 1 is 1.24 bits per heavy atom. The van der Waals surface area contributed by atoms with Crippen molar-refractivity contribution in [2.75, 3.05) is 6.61 Å². The van der Waals surface area contributed by atoms with Crippen molar-refractivity contribution in [3.05, 3.63) is 35.4 Å². The molecule has 0 saturated heterocycles. The molecule has 0 spiro atoms. The molecule has 21 heavy (non-hydrogen) atoms. The second-order valence-electron chi connectivity index (χ2n) is 4.53. The first-order valence-electron chi connectivity index (χ1n) is 6.37. The first-order chi connectivity index (χ1) is 9.74. The van der Waals surface area contributed by atoms with Crippen LogP contribution in [0.15, 0.2) is 24.3 Å². The Bertz CT molecular complexity index is 497. The predicted octanol–water partition coefficient (Wildman–Crippen LogP) is 2.78. The van der Waals surface area contributed by atoms with Crippen molar-refractivity contribution in [1.29, 1.82) is 0 Å². The van der Waals surface area contributed by atoms with Crippen LogP contribution in [-0.2, 0) is 15.7 Å². The molecule has 1 atom stereocenters. The zero-order valence-corrected chi connectivity index (χ0v) is 11.7. The molecule has 1 N–H and O–H groups in total. The highest BCUT2D eigenvalue weighted by atomic mass is 19.4. The highest BCUT2D eigenvalue weighted by molar-refractivity contribution is 5.91. The maximum atomic E-state index is 12.4. The van der Waals surface area contributed by atoms with Crippen LogP contribution in [0.2, 0.25) is 0 Å². The molecule has 0 aliphatic rings. The fourth-order valence-corrected chi connectivity index (χ4v) is 1.43. The van der Waals surface area contributed by atoms with Crippen molar-refractivity contribution >= 4 is 11.9 Å². The Kier molecular flexibility index (Phi) is 5.75. The predicted molar refractivity (Wildman–Crippen MR) is 69.6 cm³/mol. The Hall–Kier alpha value is -2.05. The van der Waals surface area contributed by atoms with E-state index in [1.807, 2.05) is 6.92 Å². The van der Waals surface area contributed by atoms with E-state index in [-0.39, 0.29) is 11.6 Å². The smallest absolute Gasteiger partial charge is 0.416 e. The van der Waals surface area contributed by atoms with Crippen molar-refractivity contribution in [2.24, 2.45) is 0 Å². The van der Waals surface area contributed by atoms with Gasteiger partial charge in [0.05, 0.1) is 11.1 Å². The lowest BCUT2D eigenvalue weighted by atomic mass is 10.1. The van der Waals surface area contributed by atoms with Crippen LogP contribution in [0.4, 0.5) is 13.2 Å². The molecule has 1 rings (SSSR count). The summed E-state index contributed by atoms with van der Waals surface area (Å²) in [6, 6.07) is 3.56.